The lowest BCUT2D eigenvalue weighted by Crippen LogP contribution is -2.38. The molecule has 4 heteroatoms. The summed E-state index contributed by atoms with van der Waals surface area (Å²) in [5.74, 6) is 0. The fraction of sp³-hybridized carbons (Fsp3) is 0.647. The molecule has 2 rings (SSSR count). The van der Waals surface area contributed by atoms with E-state index in [1.54, 1.807) is 7.11 Å². The molecule has 1 unspecified atom stereocenters. The van der Waals surface area contributed by atoms with E-state index in [1.807, 2.05) is 0 Å². The first-order valence-electron chi connectivity index (χ1n) is 8.00. The number of rotatable bonds is 9. The van der Waals surface area contributed by atoms with Crippen LogP contribution in [0.15, 0.2) is 24.3 Å². The van der Waals surface area contributed by atoms with E-state index in [1.165, 1.54) is 17.7 Å². The second-order valence-corrected chi connectivity index (χ2v) is 5.45. The Kier molecular flexibility index (Phi) is 7.00. The Balaban J connectivity index is 1.92. The van der Waals surface area contributed by atoms with E-state index in [4.69, 9.17) is 9.47 Å². The number of anilines is 1. The maximum absolute atomic E-state index is 5.60. The fourth-order valence-corrected chi connectivity index (χ4v) is 2.81. The monoisotopic (exact) mass is 292 g/mol. The third kappa shape index (κ3) is 4.70. The lowest BCUT2D eigenvalue weighted by atomic mass is 9.96. The lowest BCUT2D eigenvalue weighted by Gasteiger charge is -2.36. The van der Waals surface area contributed by atoms with Crippen LogP contribution in [0.3, 0.4) is 0 Å². The Bertz CT molecular complexity index is 412. The van der Waals surface area contributed by atoms with Crippen molar-refractivity contribution in [1.29, 1.82) is 0 Å². The largest absolute Gasteiger partial charge is 0.382 e. The van der Waals surface area contributed by atoms with Crippen molar-refractivity contribution in [1.82, 2.24) is 5.32 Å². The summed E-state index contributed by atoms with van der Waals surface area (Å²) in [4.78, 5) is 2.44. The minimum absolute atomic E-state index is 0.492. The summed E-state index contributed by atoms with van der Waals surface area (Å²) in [6.45, 7) is 7.43. The molecule has 0 spiro atoms. The third-order valence-electron chi connectivity index (χ3n) is 3.92. The molecule has 1 heterocycles. The average molecular weight is 292 g/mol. The minimum atomic E-state index is 0.492. The quantitative estimate of drug-likeness (QED) is 0.709. The highest BCUT2D eigenvalue weighted by molar-refractivity contribution is 5.57. The van der Waals surface area contributed by atoms with E-state index < -0.39 is 0 Å². The van der Waals surface area contributed by atoms with Crippen LogP contribution in [0, 0.1) is 0 Å². The summed E-state index contributed by atoms with van der Waals surface area (Å²) in [6, 6.07) is 9.23. The Morgan fingerprint density at radius 2 is 2.10 bits per heavy atom. The molecular weight excluding hydrogens is 264 g/mol. The molecule has 1 aromatic carbocycles. The van der Waals surface area contributed by atoms with Gasteiger partial charge in [0.2, 0.25) is 0 Å². The van der Waals surface area contributed by atoms with E-state index in [-0.39, 0.29) is 0 Å². The Morgan fingerprint density at radius 3 is 2.90 bits per heavy atom. The van der Waals surface area contributed by atoms with Gasteiger partial charge in [-0.15, -0.1) is 0 Å². The Hall–Kier alpha value is -1.10. The zero-order valence-corrected chi connectivity index (χ0v) is 13.3. The van der Waals surface area contributed by atoms with E-state index in [9.17, 15) is 0 Å². The topological polar surface area (TPSA) is 33.7 Å². The zero-order valence-electron chi connectivity index (χ0n) is 13.3. The van der Waals surface area contributed by atoms with Crippen LogP contribution in [0.2, 0.25) is 0 Å². The first-order valence-corrected chi connectivity index (χ1v) is 8.00. The lowest BCUT2D eigenvalue weighted by molar-refractivity contribution is 0.0738. The number of nitrogens with one attached hydrogen (secondary N) is 1. The van der Waals surface area contributed by atoms with Gasteiger partial charge in [-0.05, 0) is 31.0 Å². The molecule has 1 aliphatic rings. The molecule has 1 N–H and O–H groups in total. The highest BCUT2D eigenvalue weighted by atomic mass is 16.5. The summed E-state index contributed by atoms with van der Waals surface area (Å²) in [7, 11) is 1.70. The van der Waals surface area contributed by atoms with E-state index >= 15 is 0 Å². The van der Waals surface area contributed by atoms with Crippen molar-refractivity contribution in [3.63, 3.8) is 0 Å². The molecule has 0 aliphatic carbocycles. The van der Waals surface area contributed by atoms with Gasteiger partial charge in [-0.3, -0.25) is 0 Å². The smallest absolute Gasteiger partial charge is 0.0701 e. The maximum atomic E-state index is 5.60. The molecule has 0 bridgehead atoms. The molecule has 0 aromatic heterocycles. The van der Waals surface area contributed by atoms with Crippen LogP contribution in [-0.2, 0) is 9.47 Å². The second kappa shape index (κ2) is 9.03. The molecule has 0 amide bonds. The van der Waals surface area contributed by atoms with Crippen LogP contribution in [-0.4, -0.2) is 46.6 Å². The number of methoxy groups -OCH3 is 1. The summed E-state index contributed by atoms with van der Waals surface area (Å²) in [6.07, 6.45) is 2.34. The number of ether oxygens (including phenoxy) is 2. The number of hydrogen-bond donors (Lipinski definition) is 1. The molecule has 4 nitrogen and oxygen atoms in total. The minimum Gasteiger partial charge on any atom is -0.382 e. The van der Waals surface area contributed by atoms with Gasteiger partial charge in [0.05, 0.1) is 19.8 Å². The SMILES string of the molecule is CCCNC1CCN(CCOCCOC)c2ccccc21. The second-order valence-electron chi connectivity index (χ2n) is 5.45. The molecule has 1 atom stereocenters. The number of hydrogen-bond acceptors (Lipinski definition) is 4. The van der Waals surface area contributed by atoms with E-state index in [0.29, 0.717) is 19.3 Å². The highest BCUT2D eigenvalue weighted by Crippen LogP contribution is 2.33. The third-order valence-corrected chi connectivity index (χ3v) is 3.92. The number of nitrogens with zero attached hydrogens (tertiary/aromatic N) is 1. The average Bonchev–Trinajstić information content (AvgIpc) is 2.53. The van der Waals surface area contributed by atoms with Gasteiger partial charge in [0, 0.05) is 31.9 Å². The molecule has 1 aliphatic heterocycles. The van der Waals surface area contributed by atoms with Gasteiger partial charge >= 0.3 is 0 Å². The molecule has 0 radical (unpaired) electrons. The van der Waals surface area contributed by atoms with Crippen LogP contribution in [0.25, 0.3) is 0 Å². The normalized spacial score (nSPS) is 17.8. The molecule has 118 valence electrons. The molecule has 0 saturated heterocycles. The van der Waals surface area contributed by atoms with Crippen LogP contribution < -0.4 is 10.2 Å². The van der Waals surface area contributed by atoms with Gasteiger partial charge in [-0.1, -0.05) is 25.1 Å². The van der Waals surface area contributed by atoms with Crippen LogP contribution >= 0.6 is 0 Å². The molecule has 1 aromatic rings. The predicted molar refractivity (Wildman–Crippen MR) is 87.0 cm³/mol. The van der Waals surface area contributed by atoms with Gasteiger partial charge in [0.1, 0.15) is 0 Å². The van der Waals surface area contributed by atoms with Gasteiger partial charge in [0.25, 0.3) is 0 Å². The number of para-hydroxylation sites is 1. The van der Waals surface area contributed by atoms with Crippen LogP contribution in [0.4, 0.5) is 5.69 Å². The standard InChI is InChI=1S/C17H28N2O2/c1-3-9-18-16-8-10-19(11-12-21-14-13-20-2)17-7-5-4-6-15(16)17/h4-7,16,18H,3,8-14H2,1-2H3. The highest BCUT2D eigenvalue weighted by Gasteiger charge is 2.23. The Labute approximate surface area is 128 Å². The van der Waals surface area contributed by atoms with Gasteiger partial charge in [0.15, 0.2) is 0 Å². The van der Waals surface area contributed by atoms with Crippen molar-refractivity contribution >= 4 is 5.69 Å². The van der Waals surface area contributed by atoms with Gasteiger partial charge < -0.3 is 19.7 Å². The fourth-order valence-electron chi connectivity index (χ4n) is 2.81. The first kappa shape index (κ1) is 16.3. The first-order chi connectivity index (χ1) is 10.4. The van der Waals surface area contributed by atoms with Gasteiger partial charge in [-0.25, -0.2) is 0 Å². The Morgan fingerprint density at radius 1 is 1.24 bits per heavy atom. The zero-order chi connectivity index (χ0) is 14.9. The summed E-state index contributed by atoms with van der Waals surface area (Å²) < 4.78 is 10.6. The van der Waals surface area contributed by atoms with Crippen molar-refractivity contribution in [3.05, 3.63) is 29.8 Å². The van der Waals surface area contributed by atoms with Crippen LogP contribution in [0.5, 0.6) is 0 Å². The molecule has 21 heavy (non-hydrogen) atoms. The number of fused-ring (bicyclic) bond motifs is 1. The van der Waals surface area contributed by atoms with Crippen molar-refractivity contribution in [2.24, 2.45) is 0 Å². The van der Waals surface area contributed by atoms with Crippen molar-refractivity contribution in [2.45, 2.75) is 25.8 Å². The predicted octanol–water partition coefficient (Wildman–Crippen LogP) is 2.60. The van der Waals surface area contributed by atoms with Crippen molar-refractivity contribution in [2.75, 3.05) is 51.5 Å². The summed E-state index contributed by atoms with van der Waals surface area (Å²) in [5, 5.41) is 3.66. The molecule has 0 saturated carbocycles. The van der Waals surface area contributed by atoms with E-state index in [2.05, 4.69) is 41.4 Å². The van der Waals surface area contributed by atoms with Crippen molar-refractivity contribution in [3.8, 4) is 0 Å². The number of benzene rings is 1. The summed E-state index contributed by atoms with van der Waals surface area (Å²) in [5.41, 5.74) is 2.78. The van der Waals surface area contributed by atoms with Gasteiger partial charge in [-0.2, -0.15) is 0 Å². The maximum Gasteiger partial charge on any atom is 0.0701 e. The summed E-state index contributed by atoms with van der Waals surface area (Å²) >= 11 is 0. The molecule has 0 fully saturated rings. The van der Waals surface area contributed by atoms with Crippen molar-refractivity contribution < 1.29 is 9.47 Å². The van der Waals surface area contributed by atoms with E-state index in [0.717, 1.165) is 32.7 Å². The van der Waals surface area contributed by atoms with Crippen LogP contribution in [0.1, 0.15) is 31.4 Å². The molecular formula is C17H28N2O2.